The van der Waals surface area contributed by atoms with Crippen LogP contribution in [0, 0.1) is 0 Å². The largest absolute Gasteiger partial charge is 0.320 e. The molecule has 0 saturated heterocycles. The van der Waals surface area contributed by atoms with Crippen LogP contribution in [-0.4, -0.2) is 9.97 Å². The quantitative estimate of drug-likeness (QED) is 0.750. The smallest absolute Gasteiger partial charge is 0.0890 e. The van der Waals surface area contributed by atoms with Gasteiger partial charge in [0.05, 0.1) is 17.1 Å². The molecule has 3 aromatic rings. The third-order valence-corrected chi connectivity index (χ3v) is 3.46. The van der Waals surface area contributed by atoms with Crippen molar-refractivity contribution in [3.63, 3.8) is 0 Å². The third kappa shape index (κ3) is 1.92. The molecule has 0 aliphatic heterocycles. The summed E-state index contributed by atoms with van der Waals surface area (Å²) in [6, 6.07) is 7.94. The molecule has 3 rings (SSSR count). The zero-order chi connectivity index (χ0) is 11.7. The van der Waals surface area contributed by atoms with Crippen molar-refractivity contribution >= 4 is 22.4 Å². The van der Waals surface area contributed by atoms with Crippen molar-refractivity contribution in [2.75, 3.05) is 0 Å². The Bertz CT molecular complexity index is 634. The molecule has 0 aliphatic carbocycles. The van der Waals surface area contributed by atoms with E-state index in [1.165, 1.54) is 0 Å². The van der Waals surface area contributed by atoms with Crippen LogP contribution in [0.3, 0.4) is 0 Å². The van der Waals surface area contributed by atoms with Gasteiger partial charge < -0.3 is 5.73 Å². The maximum Gasteiger partial charge on any atom is 0.0890 e. The molecule has 2 heterocycles. The molecule has 0 saturated carbocycles. The van der Waals surface area contributed by atoms with Crippen molar-refractivity contribution in [3.05, 3.63) is 58.5 Å². The van der Waals surface area contributed by atoms with Crippen molar-refractivity contribution in [3.8, 4) is 0 Å². The fourth-order valence-electron chi connectivity index (χ4n) is 1.82. The molecule has 2 aromatic heterocycles. The molecule has 0 amide bonds. The molecule has 0 aliphatic rings. The van der Waals surface area contributed by atoms with Gasteiger partial charge in [0.25, 0.3) is 0 Å². The Balaban J connectivity index is 2.06. The molecule has 84 valence electrons. The molecule has 0 bridgehead atoms. The van der Waals surface area contributed by atoms with E-state index in [0.29, 0.717) is 0 Å². The van der Waals surface area contributed by atoms with Crippen molar-refractivity contribution in [2.24, 2.45) is 5.73 Å². The number of fused-ring (bicyclic) bond motifs is 1. The summed E-state index contributed by atoms with van der Waals surface area (Å²) < 4.78 is 0. The van der Waals surface area contributed by atoms with Crippen LogP contribution in [0.1, 0.15) is 17.2 Å². The summed E-state index contributed by atoms with van der Waals surface area (Å²) in [5.41, 5.74) is 10.2. The number of rotatable bonds is 2. The summed E-state index contributed by atoms with van der Waals surface area (Å²) in [5, 5.41) is 4.11. The minimum atomic E-state index is -0.0901. The number of hydrogen-bond acceptors (Lipinski definition) is 4. The first-order valence-electron chi connectivity index (χ1n) is 5.33. The van der Waals surface area contributed by atoms with Gasteiger partial charge in [0.2, 0.25) is 0 Å². The van der Waals surface area contributed by atoms with E-state index in [9.17, 15) is 0 Å². The van der Waals surface area contributed by atoms with Gasteiger partial charge in [0.1, 0.15) is 0 Å². The Labute approximate surface area is 103 Å². The van der Waals surface area contributed by atoms with E-state index in [-0.39, 0.29) is 6.04 Å². The Hall–Kier alpha value is -1.78. The van der Waals surface area contributed by atoms with E-state index >= 15 is 0 Å². The Morgan fingerprint density at radius 3 is 2.59 bits per heavy atom. The van der Waals surface area contributed by atoms with Crippen molar-refractivity contribution < 1.29 is 0 Å². The topological polar surface area (TPSA) is 51.8 Å². The normalized spacial score (nSPS) is 12.8. The molecule has 2 N–H and O–H groups in total. The monoisotopic (exact) mass is 241 g/mol. The average molecular weight is 241 g/mol. The van der Waals surface area contributed by atoms with E-state index in [1.807, 2.05) is 23.6 Å². The molecule has 4 heteroatoms. The zero-order valence-corrected chi connectivity index (χ0v) is 9.89. The maximum absolute atomic E-state index is 6.21. The Morgan fingerprint density at radius 2 is 1.82 bits per heavy atom. The van der Waals surface area contributed by atoms with Crippen molar-refractivity contribution in [2.45, 2.75) is 6.04 Å². The SMILES string of the molecule is NC(c1ccsc1)c1ccc2nccnc2c1. The van der Waals surface area contributed by atoms with E-state index in [4.69, 9.17) is 5.73 Å². The van der Waals surface area contributed by atoms with Gasteiger partial charge in [-0.2, -0.15) is 11.3 Å². The number of aromatic nitrogens is 2. The average Bonchev–Trinajstić information content (AvgIpc) is 2.91. The fraction of sp³-hybridized carbons (Fsp3) is 0.0769. The molecule has 3 nitrogen and oxygen atoms in total. The number of thiophene rings is 1. The van der Waals surface area contributed by atoms with Crippen molar-refractivity contribution in [1.82, 2.24) is 9.97 Å². The highest BCUT2D eigenvalue weighted by molar-refractivity contribution is 7.08. The summed E-state index contributed by atoms with van der Waals surface area (Å²) >= 11 is 1.66. The highest BCUT2D eigenvalue weighted by atomic mass is 32.1. The molecular weight excluding hydrogens is 230 g/mol. The third-order valence-electron chi connectivity index (χ3n) is 2.75. The second-order valence-electron chi connectivity index (χ2n) is 3.84. The van der Waals surface area contributed by atoms with Crippen LogP contribution >= 0.6 is 11.3 Å². The fourth-order valence-corrected chi connectivity index (χ4v) is 2.51. The van der Waals surface area contributed by atoms with Crippen LogP contribution in [0.4, 0.5) is 0 Å². The van der Waals surface area contributed by atoms with Crippen LogP contribution in [0.25, 0.3) is 11.0 Å². The first-order valence-corrected chi connectivity index (χ1v) is 6.27. The predicted molar refractivity (Wildman–Crippen MR) is 69.9 cm³/mol. The molecule has 17 heavy (non-hydrogen) atoms. The Morgan fingerprint density at radius 1 is 1.00 bits per heavy atom. The van der Waals surface area contributed by atoms with Gasteiger partial charge in [-0.3, -0.25) is 9.97 Å². The van der Waals surface area contributed by atoms with Gasteiger partial charge in [0.15, 0.2) is 0 Å². The number of nitrogens with two attached hydrogens (primary N) is 1. The lowest BCUT2D eigenvalue weighted by molar-refractivity contribution is 0.878. The molecule has 1 aromatic carbocycles. The summed E-state index contributed by atoms with van der Waals surface area (Å²) in [7, 11) is 0. The zero-order valence-electron chi connectivity index (χ0n) is 9.08. The Kier molecular flexibility index (Phi) is 2.59. The molecular formula is C13H11N3S. The van der Waals surface area contributed by atoms with Crippen LogP contribution in [0.5, 0.6) is 0 Å². The highest BCUT2D eigenvalue weighted by Gasteiger charge is 2.10. The lowest BCUT2D eigenvalue weighted by Gasteiger charge is -2.10. The van der Waals surface area contributed by atoms with Crippen LogP contribution in [-0.2, 0) is 0 Å². The summed E-state index contributed by atoms with van der Waals surface area (Å²) in [6.07, 6.45) is 3.39. The second kappa shape index (κ2) is 4.24. The van der Waals surface area contributed by atoms with Crippen LogP contribution in [0.15, 0.2) is 47.4 Å². The summed E-state index contributed by atoms with van der Waals surface area (Å²) in [5.74, 6) is 0. The minimum Gasteiger partial charge on any atom is -0.320 e. The van der Waals surface area contributed by atoms with Crippen LogP contribution in [0.2, 0.25) is 0 Å². The molecule has 0 spiro atoms. The van der Waals surface area contributed by atoms with Gasteiger partial charge in [0, 0.05) is 12.4 Å². The van der Waals surface area contributed by atoms with Gasteiger partial charge in [-0.1, -0.05) is 6.07 Å². The van der Waals surface area contributed by atoms with E-state index in [2.05, 4.69) is 21.4 Å². The molecule has 0 radical (unpaired) electrons. The predicted octanol–water partition coefficient (Wildman–Crippen LogP) is 2.74. The molecule has 0 fully saturated rings. The maximum atomic E-state index is 6.21. The van der Waals surface area contributed by atoms with Crippen LogP contribution < -0.4 is 5.73 Å². The van der Waals surface area contributed by atoms with Crippen molar-refractivity contribution in [1.29, 1.82) is 0 Å². The summed E-state index contributed by atoms with van der Waals surface area (Å²) in [6.45, 7) is 0. The van der Waals surface area contributed by atoms with Gasteiger partial charge in [-0.05, 0) is 40.1 Å². The van der Waals surface area contributed by atoms with E-state index in [1.54, 1.807) is 23.7 Å². The second-order valence-corrected chi connectivity index (χ2v) is 4.62. The lowest BCUT2D eigenvalue weighted by Crippen LogP contribution is -2.10. The lowest BCUT2D eigenvalue weighted by atomic mass is 10.0. The minimum absolute atomic E-state index is 0.0901. The number of nitrogens with zero attached hydrogens (tertiary/aromatic N) is 2. The first kappa shape index (κ1) is 10.4. The molecule has 1 atom stereocenters. The highest BCUT2D eigenvalue weighted by Crippen LogP contribution is 2.23. The summed E-state index contributed by atoms with van der Waals surface area (Å²) in [4.78, 5) is 8.53. The molecule has 1 unspecified atom stereocenters. The van der Waals surface area contributed by atoms with E-state index in [0.717, 1.165) is 22.2 Å². The number of hydrogen-bond donors (Lipinski definition) is 1. The van der Waals surface area contributed by atoms with E-state index < -0.39 is 0 Å². The first-order chi connectivity index (χ1) is 8.34. The van der Waals surface area contributed by atoms with Gasteiger partial charge in [-0.15, -0.1) is 0 Å². The van der Waals surface area contributed by atoms with Gasteiger partial charge in [-0.25, -0.2) is 0 Å². The number of benzene rings is 1. The van der Waals surface area contributed by atoms with Gasteiger partial charge >= 0.3 is 0 Å². The standard InChI is InChI=1S/C13H11N3S/c14-13(10-3-6-17-8-10)9-1-2-11-12(7-9)16-5-4-15-11/h1-8,13H,14H2.